The lowest BCUT2D eigenvalue weighted by molar-refractivity contribution is -0.385. The predicted molar refractivity (Wildman–Crippen MR) is 136 cm³/mol. The molecule has 1 aliphatic rings. The van der Waals surface area contributed by atoms with E-state index in [4.69, 9.17) is 0 Å². The number of allylic oxidation sites excluding steroid dienone is 1. The number of nitro benzene ring substituents is 2. The maximum absolute atomic E-state index is 13.3. The van der Waals surface area contributed by atoms with Gasteiger partial charge in [-0.1, -0.05) is 26.7 Å². The molecule has 198 valence electrons. The lowest BCUT2D eigenvalue weighted by Crippen LogP contribution is -2.10. The average molecular weight is 559 g/mol. The lowest BCUT2D eigenvalue weighted by Gasteiger charge is -2.12. The Hall–Kier alpha value is -4.14. The summed E-state index contributed by atoms with van der Waals surface area (Å²) in [7, 11) is -8.28. The summed E-state index contributed by atoms with van der Waals surface area (Å²) in [6.07, 6.45) is 1.47. The zero-order valence-electron chi connectivity index (χ0n) is 20.4. The summed E-state index contributed by atoms with van der Waals surface area (Å²) in [5.74, 6) is -0.733. The minimum atomic E-state index is -4.24. The van der Waals surface area contributed by atoms with Crippen LogP contribution < -0.4 is 0 Å². The normalized spacial score (nSPS) is 12.3. The van der Waals surface area contributed by atoms with E-state index in [9.17, 15) is 47.6 Å². The molecular weight excluding hydrogens is 536 g/mol. The van der Waals surface area contributed by atoms with Gasteiger partial charge < -0.3 is 0 Å². The van der Waals surface area contributed by atoms with Gasteiger partial charge in [-0.3, -0.25) is 20.2 Å². The van der Waals surface area contributed by atoms with Gasteiger partial charge in [-0.2, -0.15) is 10.5 Å². The Morgan fingerprint density at radius 2 is 1.37 bits per heavy atom. The van der Waals surface area contributed by atoms with Gasteiger partial charge in [-0.15, -0.1) is 0 Å². The summed E-state index contributed by atoms with van der Waals surface area (Å²) in [5.41, 5.74) is -3.40. The van der Waals surface area contributed by atoms with Crippen molar-refractivity contribution >= 4 is 36.6 Å². The summed E-state index contributed by atoms with van der Waals surface area (Å²) >= 11 is 0. The fourth-order valence-electron chi connectivity index (χ4n) is 4.24. The van der Waals surface area contributed by atoms with Gasteiger partial charge in [0.25, 0.3) is 11.4 Å². The molecule has 0 saturated heterocycles. The fourth-order valence-corrected chi connectivity index (χ4v) is 7.44. The van der Waals surface area contributed by atoms with Gasteiger partial charge >= 0.3 is 0 Å². The van der Waals surface area contributed by atoms with Gasteiger partial charge in [-0.05, 0) is 18.9 Å². The van der Waals surface area contributed by atoms with Crippen LogP contribution in [0.3, 0.4) is 0 Å². The standard InChI is InChI=1S/C24H22N4O8S2/c1-3-5-7-37(33,34)17-11-19-22(15(13-25)14-26)18-9-16(27(29)30)10-21(38(35,36)8-6-4-2)24(18)23(19)20(12-17)28(31)32/h9-12H,3-8H2,1-2H3. The molecule has 0 aromatic heterocycles. The van der Waals surface area contributed by atoms with Crippen molar-refractivity contribution in [3.05, 3.63) is 61.2 Å². The topological polar surface area (TPSA) is 202 Å². The first-order chi connectivity index (χ1) is 17.8. The number of nitriles is 2. The van der Waals surface area contributed by atoms with E-state index < -0.39 is 62.0 Å². The highest BCUT2D eigenvalue weighted by atomic mass is 32.2. The molecule has 0 saturated carbocycles. The van der Waals surface area contributed by atoms with Gasteiger partial charge in [-0.25, -0.2) is 16.8 Å². The smallest absolute Gasteiger partial charge is 0.258 e. The molecule has 0 radical (unpaired) electrons. The van der Waals surface area contributed by atoms with Crippen molar-refractivity contribution in [2.45, 2.75) is 49.3 Å². The zero-order valence-corrected chi connectivity index (χ0v) is 22.1. The minimum Gasteiger partial charge on any atom is -0.258 e. The quantitative estimate of drug-likeness (QED) is 0.194. The van der Waals surface area contributed by atoms with E-state index in [0.717, 1.165) is 24.3 Å². The van der Waals surface area contributed by atoms with Crippen molar-refractivity contribution in [3.63, 3.8) is 0 Å². The number of unbranched alkanes of at least 4 members (excludes halogenated alkanes) is 2. The highest BCUT2D eigenvalue weighted by Gasteiger charge is 2.40. The molecule has 0 N–H and O–H groups in total. The van der Waals surface area contributed by atoms with Crippen molar-refractivity contribution in [3.8, 4) is 23.3 Å². The molecule has 0 amide bonds. The van der Waals surface area contributed by atoms with Crippen LogP contribution in [0.1, 0.15) is 50.7 Å². The van der Waals surface area contributed by atoms with E-state index >= 15 is 0 Å². The third-order valence-corrected chi connectivity index (χ3v) is 9.67. The van der Waals surface area contributed by atoms with Crippen LogP contribution in [0.2, 0.25) is 0 Å². The van der Waals surface area contributed by atoms with Crippen LogP contribution in [0.5, 0.6) is 0 Å². The number of nitro groups is 2. The second-order valence-corrected chi connectivity index (χ2v) is 12.8. The lowest BCUT2D eigenvalue weighted by atomic mass is 9.98. The minimum absolute atomic E-state index is 0.202. The van der Waals surface area contributed by atoms with E-state index in [1.54, 1.807) is 26.0 Å². The van der Waals surface area contributed by atoms with Gasteiger partial charge in [0.1, 0.15) is 17.7 Å². The molecule has 0 bridgehead atoms. The maximum atomic E-state index is 13.3. The van der Waals surface area contributed by atoms with Crippen molar-refractivity contribution in [1.29, 1.82) is 10.5 Å². The molecule has 0 spiro atoms. The van der Waals surface area contributed by atoms with Gasteiger partial charge in [0, 0.05) is 40.5 Å². The van der Waals surface area contributed by atoms with Gasteiger partial charge in [0.2, 0.25) is 0 Å². The molecule has 0 heterocycles. The number of sulfone groups is 2. The molecule has 3 rings (SSSR count). The summed E-state index contributed by atoms with van der Waals surface area (Å²) in [6.45, 7) is 3.50. The van der Waals surface area contributed by atoms with Crippen molar-refractivity contribution in [2.24, 2.45) is 0 Å². The Morgan fingerprint density at radius 3 is 1.87 bits per heavy atom. The summed E-state index contributed by atoms with van der Waals surface area (Å²) in [5, 5.41) is 43.2. The van der Waals surface area contributed by atoms with Gasteiger partial charge in [0.05, 0.1) is 36.7 Å². The second-order valence-electron chi connectivity index (χ2n) is 8.56. The Morgan fingerprint density at radius 1 is 0.816 bits per heavy atom. The SMILES string of the molecule is CCCCS(=O)(=O)c1cc2c(c([N+](=O)[O-])c1)-c1c(cc([N+](=O)[O-])cc1S(=O)(=O)CCCC)C2=C(C#N)C#N. The molecule has 14 heteroatoms. The number of nitrogens with zero attached hydrogens (tertiary/aromatic N) is 4. The average Bonchev–Trinajstić information content (AvgIpc) is 3.20. The highest BCUT2D eigenvalue weighted by Crippen LogP contribution is 2.54. The first-order valence-electron chi connectivity index (χ1n) is 11.5. The Labute approximate surface area is 219 Å². The number of non-ortho nitro benzene ring substituents is 1. The van der Waals surface area contributed by atoms with Crippen LogP contribution in [-0.2, 0) is 19.7 Å². The van der Waals surface area contributed by atoms with E-state index in [2.05, 4.69) is 0 Å². The number of fused-ring (bicyclic) bond motifs is 3. The Bertz CT molecular complexity index is 1680. The molecule has 2 aromatic carbocycles. The molecule has 1 aliphatic carbocycles. The molecule has 0 fully saturated rings. The molecule has 38 heavy (non-hydrogen) atoms. The van der Waals surface area contributed by atoms with Crippen LogP contribution in [0.25, 0.3) is 16.7 Å². The number of hydrogen-bond acceptors (Lipinski definition) is 10. The Kier molecular flexibility index (Phi) is 8.00. The van der Waals surface area contributed by atoms with Crippen LogP contribution in [-0.4, -0.2) is 38.2 Å². The molecular formula is C24H22N4O8S2. The van der Waals surface area contributed by atoms with Crippen LogP contribution in [0.4, 0.5) is 11.4 Å². The molecule has 0 aliphatic heterocycles. The first-order valence-corrected chi connectivity index (χ1v) is 14.8. The molecule has 0 unspecified atom stereocenters. The third-order valence-electron chi connectivity index (χ3n) is 6.08. The number of benzene rings is 2. The highest BCUT2D eigenvalue weighted by molar-refractivity contribution is 7.91. The van der Waals surface area contributed by atoms with E-state index in [1.165, 1.54) is 0 Å². The molecule has 12 nitrogen and oxygen atoms in total. The monoisotopic (exact) mass is 558 g/mol. The predicted octanol–water partition coefficient (Wildman–Crippen LogP) is 4.48. The molecule has 0 atom stereocenters. The number of rotatable bonds is 10. The van der Waals surface area contributed by atoms with Crippen molar-refractivity contribution in [2.75, 3.05) is 11.5 Å². The van der Waals surface area contributed by atoms with E-state index in [1.807, 2.05) is 0 Å². The first kappa shape index (κ1) is 28.4. The number of hydrogen-bond donors (Lipinski definition) is 0. The largest absolute Gasteiger partial charge is 0.279 e. The zero-order chi connectivity index (χ0) is 28.4. The van der Waals surface area contributed by atoms with Gasteiger partial charge in [0.15, 0.2) is 19.7 Å². The second kappa shape index (κ2) is 10.7. The van der Waals surface area contributed by atoms with Crippen molar-refractivity contribution < 1.29 is 26.7 Å². The van der Waals surface area contributed by atoms with E-state index in [0.29, 0.717) is 12.8 Å². The van der Waals surface area contributed by atoms with Crippen LogP contribution >= 0.6 is 0 Å². The summed E-state index contributed by atoms with van der Waals surface area (Å²) in [6, 6.07) is 6.89. The van der Waals surface area contributed by atoms with Crippen molar-refractivity contribution in [1.82, 2.24) is 0 Å². The van der Waals surface area contributed by atoms with Crippen LogP contribution in [0, 0.1) is 42.9 Å². The summed E-state index contributed by atoms with van der Waals surface area (Å²) in [4.78, 5) is 21.2. The van der Waals surface area contributed by atoms with Crippen LogP contribution in [0.15, 0.2) is 39.6 Å². The Balaban J connectivity index is 2.61. The third kappa shape index (κ3) is 5.01. The van der Waals surface area contributed by atoms with E-state index in [-0.39, 0.29) is 46.4 Å². The maximum Gasteiger partial charge on any atom is 0.279 e. The fraction of sp³-hybridized carbons (Fsp3) is 0.333. The summed E-state index contributed by atoms with van der Waals surface area (Å²) < 4.78 is 52.7. The molecule has 2 aromatic rings.